The molecule has 0 aromatic carbocycles. The van der Waals surface area contributed by atoms with Crippen LogP contribution in [0, 0.1) is 0 Å². The number of hydrogen-bond donors (Lipinski definition) is 0. The minimum Gasteiger partial charge on any atom is -0.269 e. The van der Waals surface area contributed by atoms with Gasteiger partial charge in [0.2, 0.25) is 0 Å². The Morgan fingerprint density at radius 3 is 0.950 bits per heavy atom. The fraction of sp³-hybridized carbons (Fsp3) is 1.00. The van der Waals surface area contributed by atoms with Gasteiger partial charge in [0.25, 0.3) is 0 Å². The molecule has 0 aromatic heterocycles. The van der Waals surface area contributed by atoms with E-state index in [9.17, 15) is 0 Å². The van der Waals surface area contributed by atoms with Gasteiger partial charge in [-0.1, -0.05) is 103 Å². The van der Waals surface area contributed by atoms with Crippen LogP contribution in [0.15, 0.2) is 0 Å². The van der Waals surface area contributed by atoms with E-state index in [2.05, 4.69) is 6.92 Å². The number of rotatable bonds is 14. The lowest BCUT2D eigenvalue weighted by Gasteiger charge is -2.02. The average Bonchev–Trinajstić information content (AvgIpc) is 2.35. The molecule has 0 unspecified atom stereocenters. The second-order valence-electron chi connectivity index (χ2n) is 5.60. The molecule has 0 spiro atoms. The summed E-state index contributed by atoms with van der Waals surface area (Å²) in [6.45, 7) is 2.29. The third-order valence-corrected chi connectivity index (χ3v) is 4.41. The van der Waals surface area contributed by atoms with E-state index in [1.165, 1.54) is 106 Å². The maximum absolute atomic E-state index is 2.29. The molecule has 128 valence electrons. The van der Waals surface area contributed by atoms with Crippen molar-refractivity contribution in [1.82, 2.24) is 0 Å². The zero-order valence-electron chi connectivity index (χ0n) is 13.8. The molecule has 0 heterocycles. The molecule has 0 saturated carbocycles. The molecule has 0 aliphatic rings. The van der Waals surface area contributed by atoms with Crippen molar-refractivity contribution in [2.45, 2.75) is 103 Å². The monoisotopic (exact) mass is 316 g/mol. The molecule has 0 nitrogen and oxygen atoms in total. The smallest absolute Gasteiger partial charge is 0.00279 e. The molecule has 0 amide bonds. The standard InChI is InChI=1S/C16H36Si.3FH/c1-2-3-4-5-6-7-8-9-10-11-12-13-14-15-16-17;;;/h2-16H2,1,17H3;3*1H. The zero-order chi connectivity index (χ0) is 12.6. The summed E-state index contributed by atoms with van der Waals surface area (Å²) in [4.78, 5) is 0. The largest absolute Gasteiger partial charge is 0.269 e. The van der Waals surface area contributed by atoms with E-state index in [1.54, 1.807) is 0 Å². The predicted molar refractivity (Wildman–Crippen MR) is 92.6 cm³/mol. The van der Waals surface area contributed by atoms with Crippen molar-refractivity contribution >= 4 is 10.2 Å². The summed E-state index contributed by atoms with van der Waals surface area (Å²) in [5.41, 5.74) is 0. The molecular weight excluding hydrogens is 277 g/mol. The molecule has 0 saturated heterocycles. The van der Waals surface area contributed by atoms with Crippen LogP contribution in [0.5, 0.6) is 0 Å². The molecule has 0 atom stereocenters. The van der Waals surface area contributed by atoms with Gasteiger partial charge < -0.3 is 0 Å². The Bertz CT molecular complexity index is 121. The van der Waals surface area contributed by atoms with Crippen molar-refractivity contribution in [1.29, 1.82) is 0 Å². The fourth-order valence-electron chi connectivity index (χ4n) is 2.44. The second-order valence-corrected chi connectivity index (χ2v) is 6.60. The lowest BCUT2D eigenvalue weighted by molar-refractivity contribution is 0.538. The van der Waals surface area contributed by atoms with Crippen molar-refractivity contribution < 1.29 is 14.1 Å². The van der Waals surface area contributed by atoms with Crippen molar-refractivity contribution in [3.05, 3.63) is 0 Å². The lowest BCUT2D eigenvalue weighted by atomic mass is 10.0. The van der Waals surface area contributed by atoms with Crippen molar-refractivity contribution in [3.8, 4) is 0 Å². The summed E-state index contributed by atoms with van der Waals surface area (Å²) in [5.74, 6) is 0. The third-order valence-electron chi connectivity index (χ3n) is 3.71. The van der Waals surface area contributed by atoms with Crippen LogP contribution in [-0.2, 0) is 0 Å². The first-order valence-corrected chi connectivity index (χ1v) is 9.83. The van der Waals surface area contributed by atoms with E-state index in [-0.39, 0.29) is 14.1 Å². The Balaban J connectivity index is -0.000000427. The third kappa shape index (κ3) is 26.5. The summed E-state index contributed by atoms with van der Waals surface area (Å²) in [6, 6.07) is 1.51. The molecule has 0 aliphatic heterocycles. The van der Waals surface area contributed by atoms with Gasteiger partial charge in [-0.15, -0.1) is 0 Å². The maximum Gasteiger partial charge on any atom is 0.00279 e. The van der Waals surface area contributed by atoms with E-state index in [1.807, 2.05) is 0 Å². The van der Waals surface area contributed by atoms with E-state index in [0.717, 1.165) is 0 Å². The average molecular weight is 317 g/mol. The Morgan fingerprint density at radius 1 is 0.450 bits per heavy atom. The number of unbranched alkanes of at least 4 members (excludes halogenated alkanes) is 13. The van der Waals surface area contributed by atoms with Crippen molar-refractivity contribution in [3.63, 3.8) is 0 Å². The van der Waals surface area contributed by atoms with Crippen LogP contribution >= 0.6 is 0 Å². The fourth-order valence-corrected chi connectivity index (χ4v) is 2.94. The summed E-state index contributed by atoms with van der Waals surface area (Å²) < 4.78 is 0. The van der Waals surface area contributed by atoms with Gasteiger partial charge in [0.1, 0.15) is 0 Å². The maximum atomic E-state index is 2.29. The van der Waals surface area contributed by atoms with Crippen LogP contribution in [0.1, 0.15) is 96.8 Å². The summed E-state index contributed by atoms with van der Waals surface area (Å²) >= 11 is 0. The highest BCUT2D eigenvalue weighted by molar-refractivity contribution is 6.08. The number of halogens is 3. The topological polar surface area (TPSA) is 0 Å². The minimum absolute atomic E-state index is 0. The van der Waals surface area contributed by atoms with Gasteiger partial charge in [-0.3, -0.25) is 14.1 Å². The van der Waals surface area contributed by atoms with Gasteiger partial charge >= 0.3 is 0 Å². The summed E-state index contributed by atoms with van der Waals surface area (Å²) in [5, 5.41) is 0. The van der Waals surface area contributed by atoms with Crippen LogP contribution < -0.4 is 0 Å². The highest BCUT2D eigenvalue weighted by Crippen LogP contribution is 2.12. The minimum atomic E-state index is 0. The summed E-state index contributed by atoms with van der Waals surface area (Å²) in [7, 11) is 1.41. The Kier molecular flexibility index (Phi) is 38.6. The van der Waals surface area contributed by atoms with E-state index >= 15 is 0 Å². The zero-order valence-corrected chi connectivity index (χ0v) is 15.8. The Hall–Kier alpha value is 0.00688. The van der Waals surface area contributed by atoms with Gasteiger partial charge in [0.05, 0.1) is 0 Å². The molecule has 0 N–H and O–H groups in total. The van der Waals surface area contributed by atoms with Gasteiger partial charge in [0.15, 0.2) is 0 Å². The highest BCUT2D eigenvalue weighted by atomic mass is 28.1. The predicted octanol–water partition coefficient (Wildman–Crippen LogP) is 5.71. The molecule has 0 aliphatic carbocycles. The molecule has 20 heavy (non-hydrogen) atoms. The molecule has 4 heteroatoms. The van der Waals surface area contributed by atoms with Gasteiger partial charge in [-0.25, -0.2) is 0 Å². The molecule has 0 aromatic rings. The highest BCUT2D eigenvalue weighted by Gasteiger charge is 1.93. The van der Waals surface area contributed by atoms with E-state index in [0.29, 0.717) is 0 Å². The van der Waals surface area contributed by atoms with Crippen molar-refractivity contribution in [2.75, 3.05) is 0 Å². The number of hydrogen-bond acceptors (Lipinski definition) is 0. The summed E-state index contributed by atoms with van der Waals surface area (Å²) in [6.07, 6.45) is 20.7. The van der Waals surface area contributed by atoms with E-state index < -0.39 is 0 Å². The van der Waals surface area contributed by atoms with Crippen molar-refractivity contribution in [2.24, 2.45) is 0 Å². The Morgan fingerprint density at radius 2 is 0.700 bits per heavy atom. The van der Waals surface area contributed by atoms with Crippen LogP contribution in [-0.4, -0.2) is 10.2 Å². The Labute approximate surface area is 128 Å². The van der Waals surface area contributed by atoms with Crippen LogP contribution in [0.25, 0.3) is 0 Å². The molecule has 0 radical (unpaired) electrons. The first-order chi connectivity index (χ1) is 8.41. The SMILES string of the molecule is CCCCCCCCCCCCCCCC[SiH3].F.F.F. The second kappa shape index (κ2) is 27.4. The molecule has 0 rings (SSSR count). The quantitative estimate of drug-likeness (QED) is 0.284. The molecular formula is C16H39F3Si. The van der Waals surface area contributed by atoms with Crippen LogP contribution in [0.2, 0.25) is 6.04 Å². The van der Waals surface area contributed by atoms with E-state index in [4.69, 9.17) is 0 Å². The molecule has 0 fully saturated rings. The molecule has 0 bridgehead atoms. The lowest BCUT2D eigenvalue weighted by Crippen LogP contribution is -1.83. The van der Waals surface area contributed by atoms with Gasteiger partial charge in [0, 0.05) is 10.2 Å². The first kappa shape index (κ1) is 28.2. The van der Waals surface area contributed by atoms with Gasteiger partial charge in [-0.05, 0) is 0 Å². The van der Waals surface area contributed by atoms with Crippen LogP contribution in [0.3, 0.4) is 0 Å². The first-order valence-electron chi connectivity index (χ1n) is 8.41. The normalized spacial score (nSPS) is 9.45. The van der Waals surface area contributed by atoms with Gasteiger partial charge in [-0.2, -0.15) is 0 Å². The van der Waals surface area contributed by atoms with Crippen LogP contribution in [0.4, 0.5) is 14.1 Å².